The van der Waals surface area contributed by atoms with Crippen LogP contribution in [0.25, 0.3) is 0 Å². The van der Waals surface area contributed by atoms with E-state index in [1.54, 1.807) is 6.92 Å². The minimum atomic E-state index is -1.18. The van der Waals surface area contributed by atoms with Gasteiger partial charge >= 0.3 is 0 Å². The maximum Gasteiger partial charge on any atom is 0.176 e. The van der Waals surface area contributed by atoms with E-state index in [1.165, 1.54) is 0 Å². The van der Waals surface area contributed by atoms with Gasteiger partial charge in [-0.2, -0.15) is 0 Å². The molecule has 1 atom stereocenters. The first kappa shape index (κ1) is 11.9. The monoisotopic (exact) mass is 293 g/mol. The van der Waals surface area contributed by atoms with Crippen LogP contribution in [0.2, 0.25) is 0 Å². The normalized spacial score (nSPS) is 19.6. The van der Waals surface area contributed by atoms with Crippen LogP contribution in [0.1, 0.15) is 25.3 Å². The third-order valence-electron chi connectivity index (χ3n) is 3.30. The Morgan fingerprint density at radius 2 is 1.88 bits per heavy atom. The quantitative estimate of drug-likeness (QED) is 0.657. The van der Waals surface area contributed by atoms with Crippen LogP contribution in [-0.2, 0) is 5.41 Å². The summed E-state index contributed by atoms with van der Waals surface area (Å²) < 4.78 is 40.0. The molecule has 88 valence electrons. The molecule has 1 aromatic carbocycles. The average molecular weight is 294 g/mol. The van der Waals surface area contributed by atoms with Crippen molar-refractivity contribution in [1.82, 2.24) is 0 Å². The van der Waals surface area contributed by atoms with Crippen molar-refractivity contribution in [2.45, 2.75) is 31.2 Å². The third-order valence-corrected chi connectivity index (χ3v) is 4.03. The van der Waals surface area contributed by atoms with Gasteiger partial charge in [0.05, 0.1) is 4.47 Å². The predicted octanol–water partition coefficient (Wildman–Crippen LogP) is 3.25. The Balaban J connectivity index is 2.59. The minimum absolute atomic E-state index is 0.0562. The first-order valence-electron chi connectivity index (χ1n) is 4.99. The molecule has 1 fully saturated rings. The van der Waals surface area contributed by atoms with Gasteiger partial charge in [0.2, 0.25) is 0 Å². The smallest absolute Gasteiger partial charge is 0.176 e. The van der Waals surface area contributed by atoms with Gasteiger partial charge in [0.15, 0.2) is 11.6 Å². The van der Waals surface area contributed by atoms with Crippen molar-refractivity contribution in [3.05, 3.63) is 33.6 Å². The van der Waals surface area contributed by atoms with Crippen molar-refractivity contribution < 1.29 is 13.2 Å². The fourth-order valence-corrected chi connectivity index (χ4v) is 2.33. The maximum absolute atomic E-state index is 13.7. The standard InChI is InChI=1S/C11H11BrF3N/c1-5(16)11(2-3-11)6-4-7(13)8(12)10(15)9(6)14/h4-5H,2-3,16H2,1H3. The topological polar surface area (TPSA) is 26.0 Å². The molecule has 0 aliphatic heterocycles. The van der Waals surface area contributed by atoms with E-state index in [0.717, 1.165) is 6.07 Å². The van der Waals surface area contributed by atoms with E-state index in [2.05, 4.69) is 15.9 Å². The Bertz CT molecular complexity index is 441. The molecule has 16 heavy (non-hydrogen) atoms. The molecule has 1 unspecified atom stereocenters. The van der Waals surface area contributed by atoms with E-state index >= 15 is 0 Å². The maximum atomic E-state index is 13.7. The number of hydrogen-bond acceptors (Lipinski definition) is 1. The lowest BCUT2D eigenvalue weighted by Gasteiger charge is -2.21. The summed E-state index contributed by atoms with van der Waals surface area (Å²) in [6, 6.07) is 0.723. The molecule has 0 saturated heterocycles. The Morgan fingerprint density at radius 1 is 1.31 bits per heavy atom. The SMILES string of the molecule is CC(N)C1(c2cc(F)c(Br)c(F)c2F)CC1. The number of rotatable bonds is 2. The van der Waals surface area contributed by atoms with Crippen LogP contribution in [0.5, 0.6) is 0 Å². The highest BCUT2D eigenvalue weighted by molar-refractivity contribution is 9.10. The van der Waals surface area contributed by atoms with Gasteiger partial charge in [-0.3, -0.25) is 0 Å². The van der Waals surface area contributed by atoms with Crippen LogP contribution < -0.4 is 5.73 Å². The third kappa shape index (κ3) is 1.57. The molecule has 1 saturated carbocycles. The predicted molar refractivity (Wildman–Crippen MR) is 58.6 cm³/mol. The van der Waals surface area contributed by atoms with E-state index in [0.29, 0.717) is 12.8 Å². The van der Waals surface area contributed by atoms with Gasteiger partial charge in [-0.1, -0.05) is 0 Å². The van der Waals surface area contributed by atoms with Crippen molar-refractivity contribution in [2.75, 3.05) is 0 Å². The van der Waals surface area contributed by atoms with Gasteiger partial charge in [0.1, 0.15) is 5.82 Å². The molecule has 1 nitrogen and oxygen atoms in total. The number of halogens is 4. The molecule has 0 spiro atoms. The van der Waals surface area contributed by atoms with Crippen LogP contribution in [0.4, 0.5) is 13.2 Å². The first-order chi connectivity index (χ1) is 7.40. The fourth-order valence-electron chi connectivity index (χ4n) is 2.04. The van der Waals surface area contributed by atoms with Crippen LogP contribution >= 0.6 is 15.9 Å². The second-order valence-corrected chi connectivity index (χ2v) is 5.09. The van der Waals surface area contributed by atoms with Crippen molar-refractivity contribution in [1.29, 1.82) is 0 Å². The Hall–Kier alpha value is -0.550. The molecular weight excluding hydrogens is 283 g/mol. The molecule has 0 heterocycles. The summed E-state index contributed by atoms with van der Waals surface area (Å²) in [6.07, 6.45) is 1.34. The zero-order chi connectivity index (χ0) is 12.1. The lowest BCUT2D eigenvalue weighted by Crippen LogP contribution is -2.32. The molecule has 5 heteroatoms. The second-order valence-electron chi connectivity index (χ2n) is 4.29. The molecule has 0 bridgehead atoms. The highest BCUT2D eigenvalue weighted by Crippen LogP contribution is 2.52. The first-order valence-corrected chi connectivity index (χ1v) is 5.78. The number of benzene rings is 1. The summed E-state index contributed by atoms with van der Waals surface area (Å²) in [4.78, 5) is 0. The molecule has 0 amide bonds. The Labute approximate surface area is 100.0 Å². The Kier molecular flexibility index (Phi) is 2.78. The van der Waals surface area contributed by atoms with Gasteiger partial charge in [-0.25, -0.2) is 13.2 Å². The molecular formula is C11H11BrF3N. The number of hydrogen-bond donors (Lipinski definition) is 1. The minimum Gasteiger partial charge on any atom is -0.327 e. The zero-order valence-electron chi connectivity index (χ0n) is 8.66. The zero-order valence-corrected chi connectivity index (χ0v) is 10.2. The molecule has 0 aromatic heterocycles. The highest BCUT2D eigenvalue weighted by Gasteiger charge is 2.50. The lowest BCUT2D eigenvalue weighted by atomic mass is 9.89. The van der Waals surface area contributed by atoms with Gasteiger partial charge in [-0.05, 0) is 41.8 Å². The Morgan fingerprint density at radius 3 is 2.31 bits per heavy atom. The van der Waals surface area contributed by atoms with Crippen molar-refractivity contribution in [3.8, 4) is 0 Å². The van der Waals surface area contributed by atoms with Crippen molar-refractivity contribution in [3.63, 3.8) is 0 Å². The highest BCUT2D eigenvalue weighted by atomic mass is 79.9. The summed E-state index contributed by atoms with van der Waals surface area (Å²) in [5, 5.41) is 0. The van der Waals surface area contributed by atoms with Crippen LogP contribution in [0.3, 0.4) is 0 Å². The summed E-state index contributed by atoms with van der Waals surface area (Å²) in [5.74, 6) is -2.97. The summed E-state index contributed by atoms with van der Waals surface area (Å²) >= 11 is 2.67. The van der Waals surface area contributed by atoms with E-state index in [4.69, 9.17) is 5.73 Å². The molecule has 2 rings (SSSR count). The van der Waals surface area contributed by atoms with E-state index < -0.39 is 27.3 Å². The van der Waals surface area contributed by atoms with Gasteiger partial charge < -0.3 is 5.73 Å². The molecule has 1 aromatic rings. The molecule has 0 radical (unpaired) electrons. The summed E-state index contributed by atoms with van der Waals surface area (Å²) in [7, 11) is 0. The molecule has 1 aliphatic rings. The van der Waals surface area contributed by atoms with Gasteiger partial charge in [0, 0.05) is 17.0 Å². The summed E-state index contributed by atoms with van der Waals surface area (Å²) in [6.45, 7) is 1.73. The van der Waals surface area contributed by atoms with Crippen LogP contribution in [-0.4, -0.2) is 6.04 Å². The largest absolute Gasteiger partial charge is 0.327 e. The van der Waals surface area contributed by atoms with Gasteiger partial charge in [0.25, 0.3) is 0 Å². The van der Waals surface area contributed by atoms with E-state index in [1.807, 2.05) is 0 Å². The second kappa shape index (κ2) is 3.74. The van der Waals surface area contributed by atoms with Gasteiger partial charge in [-0.15, -0.1) is 0 Å². The van der Waals surface area contributed by atoms with Crippen LogP contribution in [0, 0.1) is 17.5 Å². The van der Waals surface area contributed by atoms with E-state index in [-0.39, 0.29) is 11.6 Å². The fraction of sp³-hybridized carbons (Fsp3) is 0.455. The molecule has 2 N–H and O–H groups in total. The number of nitrogens with two attached hydrogens (primary N) is 1. The molecule has 1 aliphatic carbocycles. The van der Waals surface area contributed by atoms with Crippen molar-refractivity contribution in [2.24, 2.45) is 5.73 Å². The summed E-state index contributed by atoms with van der Waals surface area (Å²) in [5.41, 5.74) is 5.21. The van der Waals surface area contributed by atoms with Crippen LogP contribution in [0.15, 0.2) is 10.5 Å². The average Bonchev–Trinajstić information content (AvgIpc) is 3.01. The lowest BCUT2D eigenvalue weighted by molar-refractivity contribution is 0.448. The van der Waals surface area contributed by atoms with Crippen molar-refractivity contribution >= 4 is 15.9 Å². The van der Waals surface area contributed by atoms with E-state index in [9.17, 15) is 13.2 Å².